The fourth-order valence-corrected chi connectivity index (χ4v) is 2.78. The van der Waals surface area contributed by atoms with E-state index in [1.807, 2.05) is 6.07 Å². The Morgan fingerprint density at radius 2 is 2.16 bits per heavy atom. The predicted molar refractivity (Wildman–Crippen MR) is 77.1 cm³/mol. The Morgan fingerprint density at radius 3 is 2.89 bits per heavy atom. The van der Waals surface area contributed by atoms with Gasteiger partial charge >= 0.3 is 0 Å². The Hall–Kier alpha value is -1.77. The van der Waals surface area contributed by atoms with Gasteiger partial charge in [0.2, 0.25) is 5.91 Å². The van der Waals surface area contributed by atoms with E-state index < -0.39 is 0 Å². The van der Waals surface area contributed by atoms with Gasteiger partial charge in [0.25, 0.3) is 0 Å². The first-order valence-corrected chi connectivity index (χ1v) is 7.09. The second-order valence-electron chi connectivity index (χ2n) is 5.44. The lowest BCUT2D eigenvalue weighted by Gasteiger charge is -2.24. The van der Waals surface area contributed by atoms with Crippen molar-refractivity contribution in [1.82, 2.24) is 10.3 Å². The van der Waals surface area contributed by atoms with Crippen LogP contribution in [0.25, 0.3) is 10.9 Å². The molecule has 3 rings (SSSR count). The molecular formula is C16H20N2O. The Kier molecular flexibility index (Phi) is 3.28. The van der Waals surface area contributed by atoms with Crippen LogP contribution in [-0.2, 0) is 11.2 Å². The van der Waals surface area contributed by atoms with Crippen molar-refractivity contribution < 1.29 is 4.79 Å². The average Bonchev–Trinajstić information content (AvgIpc) is 2.64. The molecule has 0 saturated heterocycles. The van der Waals surface area contributed by atoms with Crippen LogP contribution in [0.15, 0.2) is 24.3 Å². The average molecular weight is 256 g/mol. The predicted octanol–water partition coefficient (Wildman–Crippen LogP) is 2.94. The third kappa shape index (κ3) is 2.37. The maximum Gasteiger partial charge on any atom is 0.223 e. The fraction of sp³-hybridized carbons (Fsp3) is 0.438. The van der Waals surface area contributed by atoms with Gasteiger partial charge in [-0.3, -0.25) is 4.79 Å². The lowest BCUT2D eigenvalue weighted by Crippen LogP contribution is -2.35. The molecule has 0 radical (unpaired) electrons. The number of hydrogen-bond donors (Lipinski definition) is 2. The molecule has 2 N–H and O–H groups in total. The first-order valence-electron chi connectivity index (χ1n) is 7.09. The van der Waals surface area contributed by atoms with E-state index in [0.29, 0.717) is 0 Å². The summed E-state index contributed by atoms with van der Waals surface area (Å²) in [5, 5.41) is 4.34. The van der Waals surface area contributed by atoms with E-state index in [1.165, 1.54) is 28.6 Å². The van der Waals surface area contributed by atoms with Crippen LogP contribution in [0, 0.1) is 12.8 Å². The lowest BCUT2D eigenvalue weighted by molar-refractivity contribution is -0.127. The van der Waals surface area contributed by atoms with Crippen molar-refractivity contribution in [1.29, 1.82) is 0 Å². The van der Waals surface area contributed by atoms with Gasteiger partial charge in [-0.15, -0.1) is 0 Å². The summed E-state index contributed by atoms with van der Waals surface area (Å²) in [4.78, 5) is 15.2. The summed E-state index contributed by atoms with van der Waals surface area (Å²) in [6, 6.07) is 8.34. The number of aryl methyl sites for hydroxylation is 1. The van der Waals surface area contributed by atoms with E-state index >= 15 is 0 Å². The first-order chi connectivity index (χ1) is 9.25. The Balaban J connectivity index is 1.64. The Bertz CT molecular complexity index is 596. The number of amides is 1. The minimum absolute atomic E-state index is 0.240. The number of aromatic nitrogens is 1. The van der Waals surface area contributed by atoms with Gasteiger partial charge in [0.1, 0.15) is 0 Å². The molecule has 0 aliphatic heterocycles. The lowest BCUT2D eigenvalue weighted by atomic mass is 9.85. The molecule has 2 aromatic rings. The number of fused-ring (bicyclic) bond motifs is 1. The summed E-state index contributed by atoms with van der Waals surface area (Å²) in [5.41, 5.74) is 3.71. The summed E-state index contributed by atoms with van der Waals surface area (Å²) >= 11 is 0. The van der Waals surface area contributed by atoms with Crippen molar-refractivity contribution in [2.75, 3.05) is 6.54 Å². The van der Waals surface area contributed by atoms with E-state index in [4.69, 9.17) is 0 Å². The highest BCUT2D eigenvalue weighted by atomic mass is 16.1. The van der Waals surface area contributed by atoms with Gasteiger partial charge in [-0.25, -0.2) is 0 Å². The zero-order chi connectivity index (χ0) is 13.2. The number of rotatable bonds is 4. The molecule has 0 bridgehead atoms. The minimum Gasteiger partial charge on any atom is -0.358 e. The standard InChI is InChI=1S/C16H20N2O/c1-11-13(14-7-2-3-8-15(14)18-11)9-10-17-16(19)12-5-4-6-12/h2-3,7-8,12,18H,4-6,9-10H2,1H3,(H,17,19). The third-order valence-electron chi connectivity index (χ3n) is 4.18. The smallest absolute Gasteiger partial charge is 0.223 e. The molecule has 0 unspecified atom stereocenters. The summed E-state index contributed by atoms with van der Waals surface area (Å²) in [7, 11) is 0. The van der Waals surface area contributed by atoms with Crippen LogP contribution in [0.5, 0.6) is 0 Å². The van der Waals surface area contributed by atoms with Crippen molar-refractivity contribution in [3.05, 3.63) is 35.5 Å². The highest BCUT2D eigenvalue weighted by Gasteiger charge is 2.24. The van der Waals surface area contributed by atoms with Gasteiger partial charge in [0, 0.05) is 29.1 Å². The quantitative estimate of drug-likeness (QED) is 0.868. The minimum atomic E-state index is 0.240. The molecule has 1 fully saturated rings. The molecule has 19 heavy (non-hydrogen) atoms. The van der Waals surface area contributed by atoms with Gasteiger partial charge in [0.05, 0.1) is 0 Å². The summed E-state index contributed by atoms with van der Waals surface area (Å²) in [6.45, 7) is 2.83. The molecule has 100 valence electrons. The normalized spacial score (nSPS) is 15.4. The van der Waals surface area contributed by atoms with Gasteiger partial charge in [-0.2, -0.15) is 0 Å². The molecule has 1 aliphatic carbocycles. The highest BCUT2D eigenvalue weighted by molar-refractivity contribution is 5.84. The van der Waals surface area contributed by atoms with Crippen LogP contribution in [0.3, 0.4) is 0 Å². The topological polar surface area (TPSA) is 44.9 Å². The monoisotopic (exact) mass is 256 g/mol. The number of H-pyrrole nitrogens is 1. The summed E-state index contributed by atoms with van der Waals surface area (Å²) in [6.07, 6.45) is 4.24. The van der Waals surface area contributed by atoms with Crippen LogP contribution in [-0.4, -0.2) is 17.4 Å². The number of carbonyl (C=O) groups excluding carboxylic acids is 1. The van der Waals surface area contributed by atoms with E-state index in [-0.39, 0.29) is 11.8 Å². The number of nitrogens with one attached hydrogen (secondary N) is 2. The third-order valence-corrected chi connectivity index (χ3v) is 4.18. The van der Waals surface area contributed by atoms with Gasteiger partial charge < -0.3 is 10.3 Å². The van der Waals surface area contributed by atoms with Gasteiger partial charge in [0.15, 0.2) is 0 Å². The molecule has 0 atom stereocenters. The second-order valence-corrected chi connectivity index (χ2v) is 5.44. The van der Waals surface area contributed by atoms with Crippen molar-refractivity contribution >= 4 is 16.8 Å². The zero-order valence-electron chi connectivity index (χ0n) is 11.3. The van der Waals surface area contributed by atoms with Crippen LogP contribution in [0.2, 0.25) is 0 Å². The summed E-state index contributed by atoms with van der Waals surface area (Å²) in [5.74, 6) is 0.521. The fourth-order valence-electron chi connectivity index (χ4n) is 2.78. The molecule has 1 aromatic heterocycles. The molecule has 1 heterocycles. The summed E-state index contributed by atoms with van der Waals surface area (Å²) < 4.78 is 0. The highest BCUT2D eigenvalue weighted by Crippen LogP contribution is 2.26. The van der Waals surface area contributed by atoms with Crippen LogP contribution < -0.4 is 5.32 Å². The molecule has 3 heteroatoms. The number of carbonyl (C=O) groups is 1. The van der Waals surface area contributed by atoms with Gasteiger partial charge in [-0.1, -0.05) is 24.6 Å². The molecule has 1 aromatic carbocycles. The van der Waals surface area contributed by atoms with Crippen molar-refractivity contribution in [3.63, 3.8) is 0 Å². The van der Waals surface area contributed by atoms with Crippen molar-refractivity contribution in [2.45, 2.75) is 32.6 Å². The first kappa shape index (κ1) is 12.3. The van der Waals surface area contributed by atoms with Crippen LogP contribution in [0.4, 0.5) is 0 Å². The second kappa shape index (κ2) is 5.08. The van der Waals surface area contributed by atoms with Crippen LogP contribution >= 0.6 is 0 Å². The molecule has 0 spiro atoms. The van der Waals surface area contributed by atoms with Crippen molar-refractivity contribution in [2.24, 2.45) is 5.92 Å². The number of para-hydroxylation sites is 1. The molecule has 1 aliphatic rings. The van der Waals surface area contributed by atoms with Crippen LogP contribution in [0.1, 0.15) is 30.5 Å². The molecule has 1 amide bonds. The maximum atomic E-state index is 11.8. The van der Waals surface area contributed by atoms with E-state index in [0.717, 1.165) is 25.8 Å². The molecule has 1 saturated carbocycles. The number of hydrogen-bond acceptors (Lipinski definition) is 1. The Morgan fingerprint density at radius 1 is 1.37 bits per heavy atom. The Labute approximate surface area is 113 Å². The molecule has 3 nitrogen and oxygen atoms in total. The van der Waals surface area contributed by atoms with E-state index in [2.05, 4.69) is 35.4 Å². The largest absolute Gasteiger partial charge is 0.358 e. The zero-order valence-corrected chi connectivity index (χ0v) is 11.3. The SMILES string of the molecule is Cc1[nH]c2ccccc2c1CCNC(=O)C1CCC1. The van der Waals surface area contributed by atoms with Crippen molar-refractivity contribution in [3.8, 4) is 0 Å². The number of benzene rings is 1. The number of aromatic amines is 1. The molecular weight excluding hydrogens is 236 g/mol. The van der Waals surface area contributed by atoms with Gasteiger partial charge in [-0.05, 0) is 37.8 Å². The van der Waals surface area contributed by atoms with E-state index in [1.54, 1.807) is 0 Å². The maximum absolute atomic E-state index is 11.8. The van der Waals surface area contributed by atoms with E-state index in [9.17, 15) is 4.79 Å².